The van der Waals surface area contributed by atoms with Crippen LogP contribution in [-0.2, 0) is 0 Å². The van der Waals surface area contributed by atoms with E-state index < -0.39 is 0 Å². The average molecular weight is 274 g/mol. The molecule has 2 atom stereocenters. The van der Waals surface area contributed by atoms with Crippen molar-refractivity contribution in [3.8, 4) is 0 Å². The van der Waals surface area contributed by atoms with Crippen LogP contribution < -0.4 is 0 Å². The fourth-order valence-corrected chi connectivity index (χ4v) is 4.97. The molecule has 0 aromatic rings. The summed E-state index contributed by atoms with van der Waals surface area (Å²) in [6.07, 6.45) is 22.2. The summed E-state index contributed by atoms with van der Waals surface area (Å²) in [7, 11) is 0. The zero-order valence-electron chi connectivity index (χ0n) is 12.7. The molecule has 3 aliphatic rings. The first kappa shape index (κ1) is 14.4. The highest BCUT2D eigenvalue weighted by Gasteiger charge is 2.36. The summed E-state index contributed by atoms with van der Waals surface area (Å²) in [6.45, 7) is 0. The lowest BCUT2D eigenvalue weighted by atomic mass is 9.63. The second kappa shape index (κ2) is 6.93. The predicted molar refractivity (Wildman–Crippen MR) is 84.4 cm³/mol. The first-order valence-corrected chi connectivity index (χ1v) is 8.82. The second-order valence-corrected chi connectivity index (χ2v) is 7.24. The zero-order chi connectivity index (χ0) is 13.8. The van der Waals surface area contributed by atoms with Crippen LogP contribution in [0.15, 0.2) is 24.3 Å². The number of hydrogen-bond acceptors (Lipinski definition) is 1. The molecule has 0 heterocycles. The van der Waals surface area contributed by atoms with E-state index in [9.17, 15) is 5.11 Å². The van der Waals surface area contributed by atoms with Crippen LogP contribution in [0.5, 0.6) is 0 Å². The molecule has 0 radical (unpaired) electrons. The Labute approximate surface area is 124 Å². The molecule has 1 saturated carbocycles. The van der Waals surface area contributed by atoms with Crippen molar-refractivity contribution in [1.29, 1.82) is 0 Å². The predicted octanol–water partition coefficient (Wildman–Crippen LogP) is 4.87. The van der Waals surface area contributed by atoms with E-state index in [0.717, 1.165) is 36.5 Å². The molecule has 20 heavy (non-hydrogen) atoms. The van der Waals surface area contributed by atoms with Gasteiger partial charge in [0.05, 0.1) is 6.10 Å². The van der Waals surface area contributed by atoms with Gasteiger partial charge in [-0.05, 0) is 87.9 Å². The minimum Gasteiger partial charge on any atom is -0.393 e. The fourth-order valence-electron chi connectivity index (χ4n) is 4.97. The van der Waals surface area contributed by atoms with Gasteiger partial charge >= 0.3 is 0 Å². The Morgan fingerprint density at radius 1 is 0.650 bits per heavy atom. The largest absolute Gasteiger partial charge is 0.393 e. The minimum absolute atomic E-state index is 0.00981. The van der Waals surface area contributed by atoms with E-state index in [1.165, 1.54) is 51.4 Å². The van der Waals surface area contributed by atoms with E-state index in [0.29, 0.717) is 0 Å². The van der Waals surface area contributed by atoms with Crippen LogP contribution in [0.3, 0.4) is 0 Å². The Morgan fingerprint density at radius 3 is 1.65 bits per heavy atom. The zero-order valence-corrected chi connectivity index (χ0v) is 12.7. The number of rotatable bonds is 3. The molecule has 0 aliphatic heterocycles. The van der Waals surface area contributed by atoms with Gasteiger partial charge in [0, 0.05) is 0 Å². The van der Waals surface area contributed by atoms with Crippen LogP contribution in [0.1, 0.15) is 64.2 Å². The van der Waals surface area contributed by atoms with Crippen molar-refractivity contribution in [3.63, 3.8) is 0 Å². The fraction of sp³-hybridized carbons (Fsp3) is 0.789. The maximum atomic E-state index is 9.81. The molecule has 0 aromatic carbocycles. The Balaban J connectivity index is 1.71. The third kappa shape index (κ3) is 3.36. The van der Waals surface area contributed by atoms with Gasteiger partial charge in [-0.2, -0.15) is 0 Å². The Morgan fingerprint density at radius 2 is 1.20 bits per heavy atom. The van der Waals surface area contributed by atoms with E-state index >= 15 is 0 Å². The second-order valence-electron chi connectivity index (χ2n) is 7.24. The first-order valence-electron chi connectivity index (χ1n) is 8.82. The van der Waals surface area contributed by atoms with Crippen LogP contribution in [0.25, 0.3) is 0 Å². The molecule has 1 fully saturated rings. The summed E-state index contributed by atoms with van der Waals surface area (Å²) in [6, 6.07) is 0. The highest BCUT2D eigenvalue weighted by Crippen LogP contribution is 2.45. The molecular formula is C19H30O. The van der Waals surface area contributed by atoms with Gasteiger partial charge < -0.3 is 5.11 Å². The molecule has 2 unspecified atom stereocenters. The summed E-state index contributed by atoms with van der Waals surface area (Å²) < 4.78 is 0. The normalized spacial score (nSPS) is 39.6. The molecular weight excluding hydrogens is 244 g/mol. The molecule has 0 aromatic heterocycles. The van der Waals surface area contributed by atoms with Crippen LogP contribution in [0.2, 0.25) is 0 Å². The molecule has 3 aliphatic carbocycles. The topological polar surface area (TPSA) is 20.2 Å². The van der Waals surface area contributed by atoms with Crippen LogP contribution in [0.4, 0.5) is 0 Å². The molecule has 1 N–H and O–H groups in total. The maximum absolute atomic E-state index is 9.81. The summed E-state index contributed by atoms with van der Waals surface area (Å²) in [5.41, 5.74) is 0. The summed E-state index contributed by atoms with van der Waals surface area (Å²) >= 11 is 0. The summed E-state index contributed by atoms with van der Waals surface area (Å²) in [5, 5.41) is 9.81. The molecule has 0 saturated heterocycles. The lowest BCUT2D eigenvalue weighted by Crippen LogP contribution is -2.35. The number of allylic oxidation sites excluding steroid dienone is 4. The van der Waals surface area contributed by atoms with Crippen molar-refractivity contribution >= 4 is 0 Å². The third-order valence-electron chi connectivity index (χ3n) is 5.99. The maximum Gasteiger partial charge on any atom is 0.0540 e. The number of aliphatic hydroxyl groups is 1. The van der Waals surface area contributed by atoms with Crippen LogP contribution in [0, 0.1) is 23.7 Å². The van der Waals surface area contributed by atoms with Gasteiger partial charge in [0.15, 0.2) is 0 Å². The van der Waals surface area contributed by atoms with E-state index in [4.69, 9.17) is 0 Å². The van der Waals surface area contributed by atoms with Gasteiger partial charge in [-0.15, -0.1) is 0 Å². The van der Waals surface area contributed by atoms with Gasteiger partial charge in [0.1, 0.15) is 0 Å². The SMILES string of the molecule is OC1CCC(C(C2CC=CCC2)C2CC=CCC2)CC1. The van der Waals surface area contributed by atoms with Crippen molar-refractivity contribution in [2.24, 2.45) is 23.7 Å². The third-order valence-corrected chi connectivity index (χ3v) is 5.99. The van der Waals surface area contributed by atoms with E-state index in [-0.39, 0.29) is 6.10 Å². The lowest BCUT2D eigenvalue weighted by Gasteiger charge is -2.43. The van der Waals surface area contributed by atoms with Crippen molar-refractivity contribution in [3.05, 3.63) is 24.3 Å². The quantitative estimate of drug-likeness (QED) is 0.728. The Bertz CT molecular complexity index is 325. The van der Waals surface area contributed by atoms with Gasteiger partial charge in [-0.1, -0.05) is 24.3 Å². The average Bonchev–Trinajstić information content (AvgIpc) is 2.52. The van der Waals surface area contributed by atoms with Gasteiger partial charge in [0.2, 0.25) is 0 Å². The molecule has 1 nitrogen and oxygen atoms in total. The first-order chi connectivity index (χ1) is 9.84. The Kier molecular flexibility index (Phi) is 4.99. The van der Waals surface area contributed by atoms with E-state index in [2.05, 4.69) is 24.3 Å². The van der Waals surface area contributed by atoms with Crippen molar-refractivity contribution < 1.29 is 5.11 Å². The molecule has 0 amide bonds. The van der Waals surface area contributed by atoms with Crippen LogP contribution in [-0.4, -0.2) is 11.2 Å². The van der Waals surface area contributed by atoms with Crippen LogP contribution >= 0.6 is 0 Å². The summed E-state index contributed by atoms with van der Waals surface area (Å²) in [5.74, 6) is 3.62. The van der Waals surface area contributed by atoms with Crippen molar-refractivity contribution in [2.75, 3.05) is 0 Å². The van der Waals surface area contributed by atoms with Gasteiger partial charge in [-0.3, -0.25) is 0 Å². The molecule has 1 heteroatoms. The number of hydrogen-bond donors (Lipinski definition) is 1. The minimum atomic E-state index is -0.00981. The van der Waals surface area contributed by atoms with E-state index in [1.54, 1.807) is 0 Å². The highest BCUT2D eigenvalue weighted by atomic mass is 16.3. The monoisotopic (exact) mass is 274 g/mol. The van der Waals surface area contributed by atoms with Gasteiger partial charge in [-0.25, -0.2) is 0 Å². The lowest BCUT2D eigenvalue weighted by molar-refractivity contribution is 0.0478. The Hall–Kier alpha value is -0.560. The van der Waals surface area contributed by atoms with E-state index in [1.807, 2.05) is 0 Å². The highest BCUT2D eigenvalue weighted by molar-refractivity contribution is 4.99. The van der Waals surface area contributed by atoms with Gasteiger partial charge in [0.25, 0.3) is 0 Å². The number of aliphatic hydroxyl groups excluding tert-OH is 1. The van der Waals surface area contributed by atoms with Crippen molar-refractivity contribution in [1.82, 2.24) is 0 Å². The molecule has 3 rings (SSSR count). The standard InChI is InChI=1S/C19H30O/c20-18-13-11-17(12-14-18)19(15-7-3-1-4-8-15)16-9-5-2-6-10-16/h1-3,5,15-20H,4,6-14H2. The van der Waals surface area contributed by atoms with Crippen molar-refractivity contribution in [2.45, 2.75) is 70.3 Å². The molecule has 0 spiro atoms. The summed E-state index contributed by atoms with van der Waals surface area (Å²) in [4.78, 5) is 0. The smallest absolute Gasteiger partial charge is 0.0540 e. The molecule has 112 valence electrons. The molecule has 0 bridgehead atoms.